The zero-order chi connectivity index (χ0) is 20.5. The largest absolute Gasteiger partial charge is 0.497 e. The Morgan fingerprint density at radius 3 is 2.60 bits per heavy atom. The lowest BCUT2D eigenvalue weighted by molar-refractivity contribution is 0.0994. The standard InChI is InChI=1S/C24H18N2O3S/c1-28-18-12-10-17(11-13-18)26-20-8-4-3-7-19(20)25-24(26)30-15-21(27)23-14-16-6-2-5-9-22(16)29-23/h2-14H,15H2,1H3. The lowest BCUT2D eigenvalue weighted by Gasteiger charge is -2.09. The topological polar surface area (TPSA) is 57.3 Å². The van der Waals surface area contributed by atoms with Crippen molar-refractivity contribution in [3.63, 3.8) is 0 Å². The number of nitrogens with zero attached hydrogens (tertiary/aromatic N) is 2. The molecule has 0 N–H and O–H groups in total. The maximum absolute atomic E-state index is 12.8. The van der Waals surface area contributed by atoms with Crippen LogP contribution in [0.2, 0.25) is 0 Å². The molecule has 0 bridgehead atoms. The molecular formula is C24H18N2O3S. The molecule has 0 fully saturated rings. The van der Waals surface area contributed by atoms with Crippen molar-refractivity contribution in [3.05, 3.63) is 84.6 Å². The molecule has 0 saturated heterocycles. The van der Waals surface area contributed by atoms with Gasteiger partial charge in [0.2, 0.25) is 5.78 Å². The lowest BCUT2D eigenvalue weighted by Crippen LogP contribution is -2.03. The van der Waals surface area contributed by atoms with E-state index in [9.17, 15) is 4.79 Å². The molecule has 5 rings (SSSR count). The minimum absolute atomic E-state index is 0.0652. The van der Waals surface area contributed by atoms with Crippen LogP contribution in [0.25, 0.3) is 27.7 Å². The maximum Gasteiger partial charge on any atom is 0.208 e. The van der Waals surface area contributed by atoms with Gasteiger partial charge in [-0.25, -0.2) is 4.98 Å². The average molecular weight is 414 g/mol. The summed E-state index contributed by atoms with van der Waals surface area (Å²) in [6.07, 6.45) is 0. The summed E-state index contributed by atoms with van der Waals surface area (Å²) in [7, 11) is 1.65. The highest BCUT2D eigenvalue weighted by molar-refractivity contribution is 7.99. The van der Waals surface area contributed by atoms with Crippen LogP contribution in [0.1, 0.15) is 10.6 Å². The molecule has 0 aliphatic heterocycles. The Morgan fingerprint density at radius 1 is 1.03 bits per heavy atom. The molecule has 2 heterocycles. The predicted molar refractivity (Wildman–Crippen MR) is 119 cm³/mol. The molecule has 0 spiro atoms. The van der Waals surface area contributed by atoms with Crippen molar-refractivity contribution in [1.29, 1.82) is 0 Å². The summed E-state index contributed by atoms with van der Waals surface area (Å²) in [4.78, 5) is 17.5. The van der Waals surface area contributed by atoms with E-state index in [-0.39, 0.29) is 11.5 Å². The van der Waals surface area contributed by atoms with Gasteiger partial charge in [-0.05, 0) is 48.5 Å². The number of furan rings is 1. The molecule has 5 aromatic rings. The van der Waals surface area contributed by atoms with Crippen LogP contribution in [0.5, 0.6) is 5.75 Å². The second kappa shape index (κ2) is 7.72. The first-order valence-electron chi connectivity index (χ1n) is 9.49. The van der Waals surface area contributed by atoms with Gasteiger partial charge in [-0.2, -0.15) is 0 Å². The van der Waals surface area contributed by atoms with Gasteiger partial charge in [-0.3, -0.25) is 9.36 Å². The first-order chi connectivity index (χ1) is 14.7. The van der Waals surface area contributed by atoms with Crippen LogP contribution in [-0.4, -0.2) is 28.2 Å². The van der Waals surface area contributed by atoms with Gasteiger partial charge in [0.25, 0.3) is 0 Å². The number of benzene rings is 3. The van der Waals surface area contributed by atoms with Crippen LogP contribution in [0.4, 0.5) is 0 Å². The minimum Gasteiger partial charge on any atom is -0.497 e. The molecule has 0 amide bonds. The predicted octanol–water partition coefficient (Wildman–Crippen LogP) is 5.76. The summed E-state index contributed by atoms with van der Waals surface area (Å²) in [5.74, 6) is 1.33. The highest BCUT2D eigenvalue weighted by Crippen LogP contribution is 2.30. The molecule has 0 aliphatic rings. The highest BCUT2D eigenvalue weighted by Gasteiger charge is 2.17. The molecule has 0 atom stereocenters. The molecule has 0 unspecified atom stereocenters. The Morgan fingerprint density at radius 2 is 1.80 bits per heavy atom. The fourth-order valence-corrected chi connectivity index (χ4v) is 4.30. The van der Waals surface area contributed by atoms with Gasteiger partial charge in [0.15, 0.2) is 10.9 Å². The molecule has 2 aromatic heterocycles. The molecule has 0 saturated carbocycles. The monoisotopic (exact) mass is 414 g/mol. The third-order valence-corrected chi connectivity index (χ3v) is 5.83. The molecule has 6 heteroatoms. The number of thioether (sulfide) groups is 1. The summed E-state index contributed by atoms with van der Waals surface area (Å²) < 4.78 is 13.0. The number of Topliss-reactive ketones (excluding diaryl/α,β-unsaturated/α-hetero) is 1. The highest BCUT2D eigenvalue weighted by atomic mass is 32.2. The average Bonchev–Trinajstić information content (AvgIpc) is 3.39. The van der Waals surface area contributed by atoms with Crippen LogP contribution in [-0.2, 0) is 0 Å². The number of methoxy groups -OCH3 is 1. The number of hydrogen-bond acceptors (Lipinski definition) is 5. The molecule has 148 valence electrons. The zero-order valence-electron chi connectivity index (χ0n) is 16.2. The summed E-state index contributed by atoms with van der Waals surface area (Å²) in [6.45, 7) is 0. The number of rotatable bonds is 6. The quantitative estimate of drug-likeness (QED) is 0.261. The number of ether oxygens (including phenoxy) is 1. The van der Waals surface area contributed by atoms with E-state index in [2.05, 4.69) is 4.57 Å². The number of imidazole rings is 1. The lowest BCUT2D eigenvalue weighted by atomic mass is 10.2. The van der Waals surface area contributed by atoms with Gasteiger partial charge in [-0.15, -0.1) is 0 Å². The molecular weight excluding hydrogens is 396 g/mol. The van der Waals surface area contributed by atoms with Crippen LogP contribution in [0, 0.1) is 0 Å². The van der Waals surface area contributed by atoms with Gasteiger partial charge in [-0.1, -0.05) is 42.1 Å². The smallest absolute Gasteiger partial charge is 0.208 e. The van der Waals surface area contributed by atoms with Crippen LogP contribution in [0.15, 0.2) is 88.4 Å². The third-order valence-electron chi connectivity index (χ3n) is 4.89. The van der Waals surface area contributed by atoms with E-state index in [0.717, 1.165) is 38.6 Å². The second-order valence-corrected chi connectivity index (χ2v) is 7.72. The summed E-state index contributed by atoms with van der Waals surface area (Å²) in [5.41, 5.74) is 3.55. The van der Waals surface area contributed by atoms with Gasteiger partial charge in [0, 0.05) is 11.1 Å². The Balaban J connectivity index is 1.46. The normalized spacial score (nSPS) is 11.2. The Kier molecular flexibility index (Phi) is 4.77. The molecule has 30 heavy (non-hydrogen) atoms. The molecule has 3 aromatic carbocycles. The Bertz CT molecular complexity index is 1320. The van der Waals surface area contributed by atoms with E-state index in [1.165, 1.54) is 11.8 Å². The van der Waals surface area contributed by atoms with Gasteiger partial charge in [0.05, 0.1) is 23.9 Å². The first-order valence-corrected chi connectivity index (χ1v) is 10.5. The zero-order valence-corrected chi connectivity index (χ0v) is 17.1. The number of ketones is 1. The van der Waals surface area contributed by atoms with Crippen LogP contribution in [0.3, 0.4) is 0 Å². The van der Waals surface area contributed by atoms with Gasteiger partial charge < -0.3 is 9.15 Å². The van der Waals surface area contributed by atoms with Gasteiger partial charge in [0.1, 0.15) is 11.3 Å². The van der Waals surface area contributed by atoms with Crippen molar-refractivity contribution in [3.8, 4) is 11.4 Å². The number of hydrogen-bond donors (Lipinski definition) is 0. The molecule has 5 nitrogen and oxygen atoms in total. The van der Waals surface area contributed by atoms with Crippen LogP contribution < -0.4 is 4.74 Å². The number of carbonyl (C=O) groups excluding carboxylic acids is 1. The number of carbonyl (C=O) groups is 1. The van der Waals surface area contributed by atoms with E-state index in [1.807, 2.05) is 72.8 Å². The number of aromatic nitrogens is 2. The summed E-state index contributed by atoms with van der Waals surface area (Å²) in [6, 6.07) is 25.2. The molecule has 0 radical (unpaired) electrons. The van der Waals surface area contributed by atoms with Crippen molar-refractivity contribution < 1.29 is 13.9 Å². The van der Waals surface area contributed by atoms with E-state index in [4.69, 9.17) is 14.1 Å². The SMILES string of the molecule is COc1ccc(-n2c(SCC(=O)c3cc4ccccc4o3)nc3ccccc32)cc1. The van der Waals surface area contributed by atoms with E-state index in [0.29, 0.717) is 5.76 Å². The Labute approximate surface area is 177 Å². The van der Waals surface area contributed by atoms with Crippen molar-refractivity contribution >= 4 is 39.5 Å². The van der Waals surface area contributed by atoms with Gasteiger partial charge >= 0.3 is 0 Å². The summed E-state index contributed by atoms with van der Waals surface area (Å²) >= 11 is 1.40. The van der Waals surface area contributed by atoms with Crippen molar-refractivity contribution in [2.45, 2.75) is 5.16 Å². The third kappa shape index (κ3) is 3.35. The molecule has 0 aliphatic carbocycles. The number of fused-ring (bicyclic) bond motifs is 2. The van der Waals surface area contributed by atoms with Crippen molar-refractivity contribution in [2.24, 2.45) is 0 Å². The second-order valence-electron chi connectivity index (χ2n) is 6.78. The maximum atomic E-state index is 12.8. The summed E-state index contributed by atoms with van der Waals surface area (Å²) in [5, 5.41) is 1.68. The van der Waals surface area contributed by atoms with Crippen LogP contribution >= 0.6 is 11.8 Å². The fourth-order valence-electron chi connectivity index (χ4n) is 3.40. The Hall–Kier alpha value is -3.51. The number of para-hydroxylation sites is 3. The van der Waals surface area contributed by atoms with Crippen molar-refractivity contribution in [2.75, 3.05) is 12.9 Å². The van der Waals surface area contributed by atoms with E-state index >= 15 is 0 Å². The van der Waals surface area contributed by atoms with E-state index < -0.39 is 0 Å². The minimum atomic E-state index is -0.0652. The fraction of sp³-hybridized carbons (Fsp3) is 0.0833. The van der Waals surface area contributed by atoms with Crippen molar-refractivity contribution in [1.82, 2.24) is 9.55 Å². The van der Waals surface area contributed by atoms with E-state index in [1.54, 1.807) is 13.2 Å². The first kappa shape index (κ1) is 18.5.